The van der Waals surface area contributed by atoms with Crippen LogP contribution in [0.3, 0.4) is 0 Å². The zero-order valence-electron chi connectivity index (χ0n) is 49.8. The summed E-state index contributed by atoms with van der Waals surface area (Å²) in [4.78, 5) is 17.3. The zero-order valence-corrected chi connectivity index (χ0v) is 49.8. The number of nitriles is 2. The number of pyridine rings is 1. The van der Waals surface area contributed by atoms with Crippen LogP contribution in [0.15, 0.2) is 322 Å². The summed E-state index contributed by atoms with van der Waals surface area (Å²) in [6, 6.07) is 115. The van der Waals surface area contributed by atoms with Gasteiger partial charge in [0.25, 0.3) is 0 Å². The maximum atomic E-state index is 10.7. The van der Waals surface area contributed by atoms with E-state index in [2.05, 4.69) is 305 Å². The maximum absolute atomic E-state index is 10.7. The molecule has 2 N–H and O–H groups in total. The van der Waals surface area contributed by atoms with Crippen molar-refractivity contribution in [3.63, 3.8) is 0 Å². The molecule has 92 heavy (non-hydrogen) atoms. The van der Waals surface area contributed by atoms with Crippen molar-refractivity contribution in [3.8, 4) is 90.2 Å². The number of aromatic nitrogens is 3. The number of nitrogens with one attached hydrogen (secondary N) is 2. The molecule has 0 spiro atoms. The van der Waals surface area contributed by atoms with Crippen molar-refractivity contribution in [2.45, 2.75) is 0 Å². The van der Waals surface area contributed by atoms with Gasteiger partial charge in [-0.1, -0.05) is 194 Å². The average Bonchev–Trinajstić information content (AvgIpc) is 1.57. The van der Waals surface area contributed by atoms with Gasteiger partial charge in [0.2, 0.25) is 0 Å². The smallest absolute Gasteiger partial charge is 0.101 e. The Morgan fingerprint density at radius 1 is 0.272 bits per heavy atom. The van der Waals surface area contributed by atoms with Crippen LogP contribution >= 0.6 is 0 Å². The molecule has 0 atom stereocenters. The summed E-state index contributed by atoms with van der Waals surface area (Å²) >= 11 is 0. The first-order chi connectivity index (χ1) is 45.5. The van der Waals surface area contributed by atoms with E-state index < -0.39 is 0 Å². The second-order valence-electron chi connectivity index (χ2n) is 23.1. The molecule has 7 heteroatoms. The van der Waals surface area contributed by atoms with Crippen molar-refractivity contribution in [1.82, 2.24) is 15.0 Å². The molecule has 0 unspecified atom stereocenters. The summed E-state index contributed by atoms with van der Waals surface area (Å²) in [6.45, 7) is 0. The number of hydrogen-bond acceptors (Lipinski definition) is 5. The summed E-state index contributed by atoms with van der Waals surface area (Å²) in [5, 5.41) is 25.6. The van der Waals surface area contributed by atoms with Gasteiger partial charge >= 0.3 is 0 Å². The van der Waals surface area contributed by atoms with E-state index in [-0.39, 0.29) is 0 Å². The Morgan fingerprint density at radius 3 is 1.08 bits per heavy atom. The van der Waals surface area contributed by atoms with E-state index >= 15 is 0 Å². The highest BCUT2D eigenvalue weighted by Gasteiger charge is 2.21. The topological polar surface area (TPSA) is 98.5 Å². The van der Waals surface area contributed by atoms with Gasteiger partial charge in [-0.3, -0.25) is 4.98 Å². The molecule has 16 aromatic rings. The van der Waals surface area contributed by atoms with Crippen LogP contribution in [0.25, 0.3) is 122 Å². The Hall–Kier alpha value is -12.8. The molecule has 0 amide bonds. The van der Waals surface area contributed by atoms with E-state index in [0.29, 0.717) is 16.7 Å². The first-order valence-corrected chi connectivity index (χ1v) is 30.8. The fourth-order valence-electron chi connectivity index (χ4n) is 13.2. The van der Waals surface area contributed by atoms with Crippen LogP contribution in [0.4, 0.5) is 34.1 Å². The predicted octanol–water partition coefficient (Wildman–Crippen LogP) is 22.7. The molecule has 0 aliphatic rings. The van der Waals surface area contributed by atoms with Crippen LogP contribution in [0.2, 0.25) is 0 Å². The lowest BCUT2D eigenvalue weighted by Gasteiger charge is -2.25. The predicted molar refractivity (Wildman–Crippen MR) is 380 cm³/mol. The van der Waals surface area contributed by atoms with Crippen molar-refractivity contribution in [3.05, 3.63) is 333 Å². The molecule has 0 aliphatic carbocycles. The van der Waals surface area contributed by atoms with Crippen LogP contribution in [-0.2, 0) is 0 Å². The molecule has 13 aromatic carbocycles. The molecule has 7 nitrogen and oxygen atoms in total. The monoisotopic (exact) mass is 1170 g/mol. The summed E-state index contributed by atoms with van der Waals surface area (Å²) in [5.74, 6) is 0. The molecule has 16 rings (SSSR count). The van der Waals surface area contributed by atoms with E-state index in [4.69, 9.17) is 4.98 Å². The third-order valence-corrected chi connectivity index (χ3v) is 17.7. The standard InChI is InChI=1S/C85H55N7/c86-53-62-18-17-29-71(79(62)54-87)76-52-83(61-38-36-59(37-39-61)75-49-64(51-78-73-28-14-16-31-82(73)90-85(75)78)57-42-46-70(47-43-57)92(67-23-9-3-10-24-67)68-25-11-4-12-26-68)88-55-80(76)60-34-32-58(33-35-60)74-48-63(50-77-72-27-13-15-30-81(72)89-84(74)77)56-40-44-69(45-41-56)91(65-19-5-1-6-20-65)66-21-7-2-8-22-66/h1-52,55,89-90H. The van der Waals surface area contributed by atoms with Gasteiger partial charge in [-0.15, -0.1) is 0 Å². The molecule has 3 heterocycles. The quantitative estimate of drug-likeness (QED) is 0.120. The number of fused-ring (bicyclic) bond motifs is 6. The van der Waals surface area contributed by atoms with Crippen LogP contribution < -0.4 is 9.80 Å². The first-order valence-electron chi connectivity index (χ1n) is 30.8. The van der Waals surface area contributed by atoms with Crippen LogP contribution in [0.5, 0.6) is 0 Å². The number of nitrogens with zero attached hydrogens (tertiary/aromatic N) is 5. The number of aromatic amines is 2. The minimum absolute atomic E-state index is 0.318. The number of rotatable bonds is 13. The second kappa shape index (κ2) is 23.4. The van der Waals surface area contributed by atoms with Gasteiger partial charge < -0.3 is 19.8 Å². The van der Waals surface area contributed by atoms with Gasteiger partial charge in [0, 0.05) is 101 Å². The van der Waals surface area contributed by atoms with Gasteiger partial charge in [0.15, 0.2) is 0 Å². The lowest BCUT2D eigenvalue weighted by Crippen LogP contribution is -2.09. The summed E-state index contributed by atoms with van der Waals surface area (Å²) in [5.41, 5.74) is 24.9. The Bertz CT molecular complexity index is 5410. The van der Waals surface area contributed by atoms with Crippen molar-refractivity contribution >= 4 is 77.7 Å². The third kappa shape index (κ3) is 9.95. The molecule has 0 bridgehead atoms. The number of hydrogen-bond donors (Lipinski definition) is 2. The van der Waals surface area contributed by atoms with Gasteiger partial charge in [-0.25, -0.2) is 0 Å². The van der Waals surface area contributed by atoms with Crippen molar-refractivity contribution < 1.29 is 0 Å². The normalized spacial score (nSPS) is 11.2. The lowest BCUT2D eigenvalue weighted by molar-refractivity contribution is 1.28. The van der Waals surface area contributed by atoms with E-state index in [0.717, 1.165) is 150 Å². The second-order valence-corrected chi connectivity index (χ2v) is 23.1. The third-order valence-electron chi connectivity index (χ3n) is 17.7. The highest BCUT2D eigenvalue weighted by atomic mass is 15.1. The molecule has 0 saturated heterocycles. The van der Waals surface area contributed by atoms with E-state index in [9.17, 15) is 10.5 Å². The van der Waals surface area contributed by atoms with Crippen molar-refractivity contribution in [2.75, 3.05) is 9.80 Å². The fraction of sp³-hybridized carbons (Fsp3) is 0. The van der Waals surface area contributed by atoms with Crippen molar-refractivity contribution in [1.29, 1.82) is 10.5 Å². The summed E-state index contributed by atoms with van der Waals surface area (Å²) < 4.78 is 0. The van der Waals surface area contributed by atoms with Gasteiger partial charge in [0.05, 0.1) is 27.9 Å². The molecule has 0 radical (unpaired) electrons. The number of benzene rings is 13. The Morgan fingerprint density at radius 2 is 0.652 bits per heavy atom. The fourth-order valence-corrected chi connectivity index (χ4v) is 13.2. The molecule has 3 aromatic heterocycles. The van der Waals surface area contributed by atoms with Crippen LogP contribution in [0, 0.1) is 22.7 Å². The molecule has 0 aliphatic heterocycles. The first kappa shape index (κ1) is 54.6. The molecule has 0 saturated carbocycles. The highest BCUT2D eigenvalue weighted by Crippen LogP contribution is 2.45. The maximum Gasteiger partial charge on any atom is 0.101 e. The lowest BCUT2D eigenvalue weighted by atomic mass is 9.89. The number of H-pyrrole nitrogens is 2. The van der Waals surface area contributed by atoms with Crippen molar-refractivity contribution in [2.24, 2.45) is 0 Å². The minimum Gasteiger partial charge on any atom is -0.354 e. The van der Waals surface area contributed by atoms with E-state index in [1.165, 1.54) is 0 Å². The van der Waals surface area contributed by atoms with Gasteiger partial charge in [0.1, 0.15) is 12.1 Å². The van der Waals surface area contributed by atoms with Gasteiger partial charge in [-0.05, 0) is 166 Å². The largest absolute Gasteiger partial charge is 0.354 e. The molecular formula is C85H55N7. The Balaban J connectivity index is 0.755. The van der Waals surface area contributed by atoms with Gasteiger partial charge in [-0.2, -0.15) is 10.5 Å². The Labute approximate surface area is 532 Å². The van der Waals surface area contributed by atoms with E-state index in [1.54, 1.807) is 6.07 Å². The molecule has 0 fully saturated rings. The average molecular weight is 1170 g/mol. The highest BCUT2D eigenvalue weighted by molar-refractivity contribution is 6.15. The Kier molecular flexibility index (Phi) is 13.9. The van der Waals surface area contributed by atoms with E-state index in [1.807, 2.05) is 42.6 Å². The summed E-state index contributed by atoms with van der Waals surface area (Å²) in [7, 11) is 0. The summed E-state index contributed by atoms with van der Waals surface area (Å²) in [6.07, 6.45) is 1.91. The van der Waals surface area contributed by atoms with Crippen LogP contribution in [-0.4, -0.2) is 15.0 Å². The number of para-hydroxylation sites is 6. The SMILES string of the molecule is N#Cc1cccc(-c2cc(-c3ccc(-c4cc(-c5ccc(N(c6ccccc6)c6ccccc6)cc5)cc5c4[nH]c4ccccc45)cc3)ncc2-c2ccc(-c3cc(-c4ccc(N(c5ccccc5)c5ccccc5)cc4)cc4c3[nH]c3ccccc34)cc2)c1C#N. The molecular weight excluding hydrogens is 1120 g/mol. The van der Waals surface area contributed by atoms with Crippen LogP contribution in [0.1, 0.15) is 11.1 Å². The zero-order chi connectivity index (χ0) is 61.5. The molecule has 430 valence electrons. The minimum atomic E-state index is 0.318. The number of anilines is 6.